The molecule has 0 aromatic heterocycles. The topological polar surface area (TPSA) is 93.8 Å². The smallest absolute Gasteiger partial charge is 0.404 e. The molecular weight excluding hydrogens is 356 g/mol. The van der Waals surface area contributed by atoms with Crippen molar-refractivity contribution in [3.63, 3.8) is 0 Å². The van der Waals surface area contributed by atoms with E-state index in [-0.39, 0.29) is 6.61 Å². The minimum absolute atomic E-state index is 0.0778. The lowest BCUT2D eigenvalue weighted by Crippen LogP contribution is -2.29. The SMILES string of the molecule is CCCCC(O)(CCOC(N)=O)c1cccc(NCc2ccccc2OC)c1. The monoisotopic (exact) mass is 386 g/mol. The van der Waals surface area contributed by atoms with Gasteiger partial charge in [-0.2, -0.15) is 0 Å². The normalized spacial score (nSPS) is 12.8. The number of aliphatic hydroxyl groups is 1. The van der Waals surface area contributed by atoms with Crippen molar-refractivity contribution in [3.05, 3.63) is 59.7 Å². The zero-order valence-corrected chi connectivity index (χ0v) is 16.6. The lowest BCUT2D eigenvalue weighted by Gasteiger charge is -2.29. The van der Waals surface area contributed by atoms with Gasteiger partial charge in [-0.25, -0.2) is 4.79 Å². The van der Waals surface area contributed by atoms with Crippen LogP contribution in [0.15, 0.2) is 48.5 Å². The fraction of sp³-hybridized carbons (Fsp3) is 0.409. The van der Waals surface area contributed by atoms with Crippen LogP contribution in [0.25, 0.3) is 0 Å². The number of methoxy groups -OCH3 is 1. The number of carbonyl (C=O) groups is 1. The summed E-state index contributed by atoms with van der Waals surface area (Å²) >= 11 is 0. The van der Waals surface area contributed by atoms with E-state index >= 15 is 0 Å². The maximum atomic E-state index is 11.2. The Morgan fingerprint density at radius 2 is 1.96 bits per heavy atom. The molecule has 152 valence electrons. The van der Waals surface area contributed by atoms with Gasteiger partial charge in [0.05, 0.1) is 19.3 Å². The van der Waals surface area contributed by atoms with Crippen LogP contribution < -0.4 is 15.8 Å². The molecule has 6 heteroatoms. The van der Waals surface area contributed by atoms with E-state index in [1.54, 1.807) is 7.11 Å². The van der Waals surface area contributed by atoms with Gasteiger partial charge in [-0.1, -0.05) is 50.1 Å². The Morgan fingerprint density at radius 3 is 2.68 bits per heavy atom. The fourth-order valence-corrected chi connectivity index (χ4v) is 3.17. The highest BCUT2D eigenvalue weighted by molar-refractivity contribution is 5.64. The van der Waals surface area contributed by atoms with Gasteiger partial charge in [-0.15, -0.1) is 0 Å². The van der Waals surface area contributed by atoms with Crippen molar-refractivity contribution >= 4 is 11.8 Å². The van der Waals surface area contributed by atoms with E-state index in [2.05, 4.69) is 12.2 Å². The molecule has 2 aromatic carbocycles. The summed E-state index contributed by atoms with van der Waals surface area (Å²) in [5.74, 6) is 0.828. The summed E-state index contributed by atoms with van der Waals surface area (Å²) in [6.07, 6.45) is 1.88. The molecular formula is C22H30N2O4. The Labute approximate surface area is 166 Å². The molecule has 0 aliphatic heterocycles. The standard InChI is InChI=1S/C22H30N2O4/c1-3-4-12-22(26,13-14-28-21(23)25)18-9-7-10-19(15-18)24-16-17-8-5-6-11-20(17)27-2/h5-11,15,24,26H,3-4,12-14,16H2,1-2H3,(H2,23,25). The van der Waals surface area contributed by atoms with E-state index in [9.17, 15) is 9.90 Å². The predicted molar refractivity (Wildman–Crippen MR) is 110 cm³/mol. The Balaban J connectivity index is 2.13. The van der Waals surface area contributed by atoms with Crippen LogP contribution in [0.4, 0.5) is 10.5 Å². The minimum atomic E-state index is -1.08. The highest BCUT2D eigenvalue weighted by Gasteiger charge is 2.29. The maximum Gasteiger partial charge on any atom is 0.404 e. The van der Waals surface area contributed by atoms with Crippen molar-refractivity contribution in [1.29, 1.82) is 0 Å². The Bertz CT molecular complexity index is 766. The van der Waals surface area contributed by atoms with E-state index < -0.39 is 11.7 Å². The van der Waals surface area contributed by atoms with Gasteiger partial charge in [0.25, 0.3) is 0 Å². The summed E-state index contributed by atoms with van der Waals surface area (Å²) in [5.41, 5.74) is 6.70. The van der Waals surface area contributed by atoms with Gasteiger partial charge in [0.1, 0.15) is 5.75 Å². The first-order valence-electron chi connectivity index (χ1n) is 9.59. The molecule has 1 unspecified atom stereocenters. The van der Waals surface area contributed by atoms with Crippen LogP contribution in [0.3, 0.4) is 0 Å². The molecule has 1 atom stereocenters. The number of primary amides is 1. The number of anilines is 1. The second-order valence-electron chi connectivity index (χ2n) is 6.80. The number of benzene rings is 2. The lowest BCUT2D eigenvalue weighted by molar-refractivity contribution is -0.000795. The Kier molecular flexibility index (Phi) is 8.14. The minimum Gasteiger partial charge on any atom is -0.496 e. The molecule has 0 radical (unpaired) electrons. The molecule has 0 saturated heterocycles. The number of hydrogen-bond acceptors (Lipinski definition) is 5. The molecule has 6 nitrogen and oxygen atoms in total. The fourth-order valence-electron chi connectivity index (χ4n) is 3.17. The number of unbranched alkanes of at least 4 members (excludes halogenated alkanes) is 1. The van der Waals surface area contributed by atoms with Gasteiger partial charge in [-0.3, -0.25) is 0 Å². The maximum absolute atomic E-state index is 11.2. The molecule has 1 amide bonds. The molecule has 0 aliphatic rings. The number of rotatable bonds is 11. The lowest BCUT2D eigenvalue weighted by atomic mass is 9.85. The van der Waals surface area contributed by atoms with Crippen molar-refractivity contribution in [2.24, 2.45) is 5.73 Å². The van der Waals surface area contributed by atoms with Gasteiger partial charge in [0.2, 0.25) is 0 Å². The third-order valence-corrected chi connectivity index (χ3v) is 4.78. The van der Waals surface area contributed by atoms with Gasteiger partial charge < -0.3 is 25.6 Å². The van der Waals surface area contributed by atoms with Crippen LogP contribution in [-0.4, -0.2) is 24.9 Å². The number of nitrogens with two attached hydrogens (primary N) is 1. The van der Waals surface area contributed by atoms with E-state index in [0.29, 0.717) is 19.4 Å². The average Bonchev–Trinajstić information content (AvgIpc) is 2.71. The molecule has 2 rings (SSSR count). The molecule has 2 aromatic rings. The van der Waals surface area contributed by atoms with Crippen LogP contribution in [0.2, 0.25) is 0 Å². The Morgan fingerprint density at radius 1 is 1.18 bits per heavy atom. The summed E-state index contributed by atoms with van der Waals surface area (Å²) in [6.45, 7) is 2.76. The second kappa shape index (κ2) is 10.6. The first kappa shape index (κ1) is 21.6. The molecule has 0 saturated carbocycles. The highest BCUT2D eigenvalue weighted by atomic mass is 16.5. The van der Waals surface area contributed by atoms with Crippen molar-refractivity contribution in [2.75, 3.05) is 19.0 Å². The molecule has 28 heavy (non-hydrogen) atoms. The molecule has 0 aliphatic carbocycles. The van der Waals surface area contributed by atoms with Gasteiger partial charge in [0, 0.05) is 24.2 Å². The number of nitrogens with one attached hydrogen (secondary N) is 1. The van der Waals surface area contributed by atoms with E-state index in [0.717, 1.165) is 35.4 Å². The van der Waals surface area contributed by atoms with E-state index in [1.165, 1.54) is 0 Å². The molecule has 0 bridgehead atoms. The molecule has 0 spiro atoms. The number of para-hydroxylation sites is 1. The summed E-state index contributed by atoms with van der Waals surface area (Å²) in [5, 5.41) is 14.6. The van der Waals surface area contributed by atoms with Crippen molar-refractivity contribution in [1.82, 2.24) is 0 Å². The van der Waals surface area contributed by atoms with Crippen LogP contribution >= 0.6 is 0 Å². The Hall–Kier alpha value is -2.73. The van der Waals surface area contributed by atoms with Gasteiger partial charge in [-0.05, 0) is 30.2 Å². The van der Waals surface area contributed by atoms with E-state index in [4.69, 9.17) is 15.2 Å². The molecule has 4 N–H and O–H groups in total. The number of ether oxygens (including phenoxy) is 2. The number of carbonyl (C=O) groups excluding carboxylic acids is 1. The first-order valence-corrected chi connectivity index (χ1v) is 9.59. The molecule has 0 fully saturated rings. The van der Waals surface area contributed by atoms with Crippen LogP contribution in [-0.2, 0) is 16.9 Å². The second-order valence-corrected chi connectivity index (χ2v) is 6.80. The van der Waals surface area contributed by atoms with E-state index in [1.807, 2.05) is 48.5 Å². The zero-order valence-electron chi connectivity index (χ0n) is 16.6. The third-order valence-electron chi connectivity index (χ3n) is 4.78. The summed E-state index contributed by atoms with van der Waals surface area (Å²) in [6, 6.07) is 15.5. The van der Waals surface area contributed by atoms with Crippen molar-refractivity contribution < 1.29 is 19.4 Å². The predicted octanol–water partition coefficient (Wildman–Crippen LogP) is 4.17. The molecule has 0 heterocycles. The third kappa shape index (κ3) is 6.16. The zero-order chi connectivity index (χ0) is 20.4. The summed E-state index contributed by atoms with van der Waals surface area (Å²) in [4.78, 5) is 10.9. The first-order chi connectivity index (χ1) is 13.5. The van der Waals surface area contributed by atoms with Gasteiger partial charge >= 0.3 is 6.09 Å². The average molecular weight is 386 g/mol. The number of amides is 1. The van der Waals surface area contributed by atoms with Crippen LogP contribution in [0, 0.1) is 0 Å². The quantitative estimate of drug-likeness (QED) is 0.539. The van der Waals surface area contributed by atoms with Crippen molar-refractivity contribution in [2.45, 2.75) is 44.8 Å². The largest absolute Gasteiger partial charge is 0.496 e. The van der Waals surface area contributed by atoms with Crippen LogP contribution in [0.5, 0.6) is 5.75 Å². The van der Waals surface area contributed by atoms with Crippen molar-refractivity contribution in [3.8, 4) is 5.75 Å². The van der Waals surface area contributed by atoms with Crippen LogP contribution in [0.1, 0.15) is 43.7 Å². The van der Waals surface area contributed by atoms with Gasteiger partial charge in [0.15, 0.2) is 0 Å². The summed E-state index contributed by atoms with van der Waals surface area (Å²) < 4.78 is 10.2. The summed E-state index contributed by atoms with van der Waals surface area (Å²) in [7, 11) is 1.65. The highest BCUT2D eigenvalue weighted by Crippen LogP contribution is 2.32. The number of hydrogen-bond donors (Lipinski definition) is 3.